The maximum atomic E-state index is 13.3. The number of rotatable bonds is 8. The summed E-state index contributed by atoms with van der Waals surface area (Å²) in [6.45, 7) is 3.58. The molecular weight excluding hydrogens is 560 g/mol. The molecule has 0 saturated heterocycles. The van der Waals surface area contributed by atoms with Crippen LogP contribution in [0, 0.1) is 0 Å². The molecule has 1 heterocycles. The Labute approximate surface area is 227 Å². The standard InChI is InChI=1S/C27H24BrClN4O4/c1-16(2)26-32-22-10-9-18(28)12-21(22)27(35)33(26)30-14-17-11-19(29)13-23(36-3)25(17)37-15-24(34)31-20-7-5-4-6-8-20/h4-14,16H,15H2,1-3H3,(H,31,34). The Morgan fingerprint density at radius 2 is 1.95 bits per heavy atom. The van der Waals surface area contributed by atoms with Gasteiger partial charge in [0.25, 0.3) is 11.5 Å². The van der Waals surface area contributed by atoms with Crippen LogP contribution in [0.5, 0.6) is 11.5 Å². The van der Waals surface area contributed by atoms with Crippen LogP contribution in [0.1, 0.15) is 31.2 Å². The van der Waals surface area contributed by atoms with Crippen molar-refractivity contribution in [2.24, 2.45) is 5.10 Å². The van der Waals surface area contributed by atoms with Crippen LogP contribution in [-0.2, 0) is 4.79 Å². The third-order valence-corrected chi connectivity index (χ3v) is 6.05. The van der Waals surface area contributed by atoms with E-state index in [9.17, 15) is 9.59 Å². The topological polar surface area (TPSA) is 94.8 Å². The van der Waals surface area contributed by atoms with Gasteiger partial charge < -0.3 is 14.8 Å². The number of nitrogens with zero attached hydrogens (tertiary/aromatic N) is 3. The molecule has 0 bridgehead atoms. The van der Waals surface area contributed by atoms with Gasteiger partial charge >= 0.3 is 0 Å². The minimum absolute atomic E-state index is 0.0794. The van der Waals surface area contributed by atoms with Crippen LogP contribution in [0.15, 0.2) is 75.0 Å². The maximum Gasteiger partial charge on any atom is 0.282 e. The number of hydrogen-bond donors (Lipinski definition) is 1. The largest absolute Gasteiger partial charge is 0.493 e. The van der Waals surface area contributed by atoms with E-state index in [0.717, 1.165) is 4.47 Å². The number of para-hydroxylation sites is 1. The summed E-state index contributed by atoms with van der Waals surface area (Å²) in [6, 6.07) is 17.6. The summed E-state index contributed by atoms with van der Waals surface area (Å²) in [6.07, 6.45) is 1.44. The molecule has 4 rings (SSSR count). The van der Waals surface area contributed by atoms with Crippen LogP contribution in [0.25, 0.3) is 10.9 Å². The van der Waals surface area contributed by atoms with Gasteiger partial charge in [0.1, 0.15) is 5.82 Å². The molecule has 0 atom stereocenters. The number of methoxy groups -OCH3 is 1. The number of fused-ring (bicyclic) bond motifs is 1. The van der Waals surface area contributed by atoms with Crippen LogP contribution in [0.2, 0.25) is 5.02 Å². The smallest absolute Gasteiger partial charge is 0.282 e. The van der Waals surface area contributed by atoms with Gasteiger partial charge in [-0.3, -0.25) is 9.59 Å². The van der Waals surface area contributed by atoms with E-state index in [1.54, 1.807) is 36.4 Å². The number of ether oxygens (including phenoxy) is 2. The second-order valence-electron chi connectivity index (χ2n) is 8.38. The lowest BCUT2D eigenvalue weighted by Gasteiger charge is -2.15. The molecule has 190 valence electrons. The van der Waals surface area contributed by atoms with Crippen molar-refractivity contribution in [1.82, 2.24) is 9.66 Å². The van der Waals surface area contributed by atoms with Crippen molar-refractivity contribution in [2.75, 3.05) is 19.0 Å². The van der Waals surface area contributed by atoms with E-state index in [4.69, 9.17) is 21.1 Å². The van der Waals surface area contributed by atoms with E-state index < -0.39 is 0 Å². The highest BCUT2D eigenvalue weighted by Crippen LogP contribution is 2.34. The maximum absolute atomic E-state index is 13.3. The molecule has 0 saturated carbocycles. The quantitative estimate of drug-likeness (QED) is 0.263. The molecule has 0 aliphatic rings. The molecule has 0 aliphatic carbocycles. The van der Waals surface area contributed by atoms with Gasteiger partial charge in [0.2, 0.25) is 0 Å². The van der Waals surface area contributed by atoms with Crippen LogP contribution in [-0.4, -0.2) is 35.5 Å². The second kappa shape index (κ2) is 11.6. The first-order valence-electron chi connectivity index (χ1n) is 11.4. The van der Waals surface area contributed by atoms with E-state index >= 15 is 0 Å². The number of anilines is 1. The first kappa shape index (κ1) is 26.4. The Bertz CT molecular complexity index is 1540. The second-order valence-corrected chi connectivity index (χ2v) is 9.73. The average molecular weight is 584 g/mol. The molecule has 0 unspecified atom stereocenters. The highest BCUT2D eigenvalue weighted by atomic mass is 79.9. The van der Waals surface area contributed by atoms with Gasteiger partial charge in [-0.25, -0.2) is 4.98 Å². The van der Waals surface area contributed by atoms with E-state index in [1.165, 1.54) is 18.0 Å². The number of aromatic nitrogens is 2. The first-order chi connectivity index (χ1) is 17.8. The molecule has 3 aromatic carbocycles. The van der Waals surface area contributed by atoms with Crippen molar-refractivity contribution in [3.05, 3.63) is 91.9 Å². The van der Waals surface area contributed by atoms with E-state index in [1.807, 2.05) is 38.1 Å². The Kier molecular flexibility index (Phi) is 8.25. The molecule has 10 heteroatoms. The van der Waals surface area contributed by atoms with E-state index in [2.05, 4.69) is 31.3 Å². The van der Waals surface area contributed by atoms with Gasteiger partial charge in [0.05, 0.1) is 24.2 Å². The van der Waals surface area contributed by atoms with Crippen molar-refractivity contribution in [1.29, 1.82) is 0 Å². The molecule has 1 N–H and O–H groups in total. The summed E-state index contributed by atoms with van der Waals surface area (Å²) in [5, 5.41) is 8.02. The minimum atomic E-state index is -0.353. The van der Waals surface area contributed by atoms with Crippen LogP contribution in [0.4, 0.5) is 5.69 Å². The lowest BCUT2D eigenvalue weighted by atomic mass is 10.2. The lowest BCUT2D eigenvalue weighted by Crippen LogP contribution is -2.23. The van der Waals surface area contributed by atoms with Crippen LogP contribution >= 0.6 is 27.5 Å². The molecule has 0 spiro atoms. The summed E-state index contributed by atoms with van der Waals surface area (Å²) < 4.78 is 13.3. The molecule has 37 heavy (non-hydrogen) atoms. The fourth-order valence-electron chi connectivity index (χ4n) is 3.62. The predicted molar refractivity (Wildman–Crippen MR) is 149 cm³/mol. The Morgan fingerprint density at radius 3 is 2.65 bits per heavy atom. The number of carbonyl (C=O) groups is 1. The lowest BCUT2D eigenvalue weighted by molar-refractivity contribution is -0.118. The zero-order chi connectivity index (χ0) is 26.5. The van der Waals surface area contributed by atoms with Gasteiger partial charge in [-0.15, -0.1) is 0 Å². The van der Waals surface area contributed by atoms with Crippen LogP contribution in [0.3, 0.4) is 0 Å². The molecule has 1 aromatic heterocycles. The van der Waals surface area contributed by atoms with Crippen molar-refractivity contribution < 1.29 is 14.3 Å². The van der Waals surface area contributed by atoms with Crippen molar-refractivity contribution in [2.45, 2.75) is 19.8 Å². The normalized spacial score (nSPS) is 11.3. The molecule has 4 aromatic rings. The SMILES string of the molecule is COc1cc(Cl)cc(C=Nn2c(C(C)C)nc3ccc(Br)cc3c2=O)c1OCC(=O)Nc1ccccc1. The number of halogens is 2. The van der Waals surface area contributed by atoms with Gasteiger partial charge in [0, 0.05) is 32.7 Å². The average Bonchev–Trinajstić information content (AvgIpc) is 2.87. The summed E-state index contributed by atoms with van der Waals surface area (Å²) in [4.78, 5) is 30.5. The number of benzene rings is 3. The molecular formula is C27H24BrClN4O4. The van der Waals surface area contributed by atoms with Crippen LogP contribution < -0.4 is 20.3 Å². The van der Waals surface area contributed by atoms with Crippen molar-refractivity contribution in [3.8, 4) is 11.5 Å². The Morgan fingerprint density at radius 1 is 1.19 bits per heavy atom. The Hall–Kier alpha value is -3.69. The van der Waals surface area contributed by atoms with Gasteiger partial charge in [0.15, 0.2) is 18.1 Å². The number of nitrogens with one attached hydrogen (secondary N) is 1. The summed E-state index contributed by atoms with van der Waals surface area (Å²) in [5.74, 6) is 0.639. The molecule has 0 radical (unpaired) electrons. The van der Waals surface area contributed by atoms with Gasteiger partial charge in [-0.2, -0.15) is 9.78 Å². The fraction of sp³-hybridized carbons (Fsp3) is 0.185. The minimum Gasteiger partial charge on any atom is -0.493 e. The van der Waals surface area contributed by atoms with Crippen molar-refractivity contribution >= 4 is 56.2 Å². The fourth-order valence-corrected chi connectivity index (χ4v) is 4.20. The summed E-state index contributed by atoms with van der Waals surface area (Å²) in [7, 11) is 1.47. The summed E-state index contributed by atoms with van der Waals surface area (Å²) >= 11 is 9.70. The molecule has 0 aliphatic heterocycles. The molecule has 8 nitrogen and oxygen atoms in total. The van der Waals surface area contributed by atoms with Gasteiger partial charge in [-0.1, -0.05) is 59.6 Å². The molecule has 1 amide bonds. The predicted octanol–water partition coefficient (Wildman–Crippen LogP) is 5.84. The third-order valence-electron chi connectivity index (χ3n) is 5.34. The number of amides is 1. The Balaban J connectivity index is 1.70. The molecule has 0 fully saturated rings. The number of carbonyl (C=O) groups excluding carboxylic acids is 1. The number of hydrogen-bond acceptors (Lipinski definition) is 6. The van der Waals surface area contributed by atoms with E-state index in [-0.39, 0.29) is 29.7 Å². The third kappa shape index (κ3) is 6.18. The first-order valence-corrected chi connectivity index (χ1v) is 12.6. The monoisotopic (exact) mass is 582 g/mol. The van der Waals surface area contributed by atoms with E-state index in [0.29, 0.717) is 38.8 Å². The zero-order valence-corrected chi connectivity index (χ0v) is 22.7. The zero-order valence-electron chi connectivity index (χ0n) is 20.4. The highest BCUT2D eigenvalue weighted by Gasteiger charge is 2.16. The highest BCUT2D eigenvalue weighted by molar-refractivity contribution is 9.10. The summed E-state index contributed by atoms with van der Waals surface area (Å²) in [5.41, 5.74) is 1.34. The van der Waals surface area contributed by atoms with Gasteiger partial charge in [-0.05, 0) is 36.4 Å². The van der Waals surface area contributed by atoms with Crippen molar-refractivity contribution in [3.63, 3.8) is 0 Å².